The first-order valence-corrected chi connectivity index (χ1v) is 14.0. The van der Waals surface area contributed by atoms with E-state index in [1.54, 1.807) is 11.6 Å². The van der Waals surface area contributed by atoms with E-state index >= 15 is 0 Å². The van der Waals surface area contributed by atoms with Gasteiger partial charge in [0.15, 0.2) is 12.1 Å². The van der Waals surface area contributed by atoms with Crippen molar-refractivity contribution < 1.29 is 19.8 Å². The third kappa shape index (κ3) is 7.67. The molecule has 0 spiro atoms. The number of carbonyl (C=O) groups excluding carboxylic acids is 2. The predicted octanol–water partition coefficient (Wildman–Crippen LogP) is 3.80. The normalized spacial score (nSPS) is 13.4. The second-order valence-corrected chi connectivity index (χ2v) is 10.1. The van der Waals surface area contributed by atoms with E-state index in [-0.39, 0.29) is 40.2 Å². The molecule has 10 nitrogen and oxygen atoms in total. The maximum absolute atomic E-state index is 13.0. The lowest BCUT2D eigenvalue weighted by molar-refractivity contribution is 0.0790. The van der Waals surface area contributed by atoms with Crippen LogP contribution in [-0.2, 0) is 6.42 Å². The molecule has 0 bridgehead atoms. The van der Waals surface area contributed by atoms with Crippen molar-refractivity contribution in [2.75, 3.05) is 40.3 Å². The Bertz CT molecular complexity index is 1250. The van der Waals surface area contributed by atoms with E-state index in [1.807, 2.05) is 38.2 Å². The number of phenolic OH excluding ortho intramolecular Hbond substituents is 2. The van der Waals surface area contributed by atoms with E-state index in [9.17, 15) is 19.8 Å². The third-order valence-electron chi connectivity index (χ3n) is 7.10. The standard InChI is InChI=1S/C27H33N5O4.C3H9N/c1-3-4-13-31(2)27(36)22-15-21(23(34)16-24(22)35)26-30-29-25(17-33)32(26)20-7-5-18(6-8-20)14-19-9-11-28-12-10-19;1-3-4-2/h5-8,15-17,19,28,34-35H,3-4,9-14H2,1-2H3;4H,3H2,1-2H3. The Kier molecular flexibility index (Phi) is 11.6. The molecule has 4 N–H and O–H groups in total. The fourth-order valence-corrected chi connectivity index (χ4v) is 4.63. The number of carbonyl (C=O) groups is 2. The third-order valence-corrected chi connectivity index (χ3v) is 7.10. The molecule has 0 radical (unpaired) electrons. The molecule has 0 saturated carbocycles. The average molecular weight is 551 g/mol. The number of rotatable bonds is 10. The van der Waals surface area contributed by atoms with E-state index in [1.165, 1.54) is 16.5 Å². The van der Waals surface area contributed by atoms with Crippen molar-refractivity contribution in [3.8, 4) is 28.6 Å². The molecule has 2 heterocycles. The molecule has 1 fully saturated rings. The van der Waals surface area contributed by atoms with Crippen molar-refractivity contribution in [2.24, 2.45) is 5.92 Å². The Morgan fingerprint density at radius 2 is 1.80 bits per heavy atom. The summed E-state index contributed by atoms with van der Waals surface area (Å²) >= 11 is 0. The Hall–Kier alpha value is -3.76. The van der Waals surface area contributed by atoms with Crippen LogP contribution in [0.15, 0.2) is 36.4 Å². The summed E-state index contributed by atoms with van der Waals surface area (Å²) < 4.78 is 1.54. The van der Waals surface area contributed by atoms with E-state index < -0.39 is 0 Å². The van der Waals surface area contributed by atoms with Crippen LogP contribution in [0.1, 0.15) is 66.1 Å². The van der Waals surface area contributed by atoms with Gasteiger partial charge in [0.25, 0.3) is 5.91 Å². The lowest BCUT2D eigenvalue weighted by atomic mass is 9.91. The number of piperidine rings is 1. The molecule has 1 amide bonds. The van der Waals surface area contributed by atoms with Crippen LogP contribution in [0.2, 0.25) is 0 Å². The summed E-state index contributed by atoms with van der Waals surface area (Å²) in [5.74, 6) is -0.0514. The molecule has 216 valence electrons. The molecule has 0 unspecified atom stereocenters. The number of nitrogens with zero attached hydrogens (tertiary/aromatic N) is 4. The van der Waals surface area contributed by atoms with Crippen LogP contribution in [0.3, 0.4) is 0 Å². The monoisotopic (exact) mass is 550 g/mol. The fraction of sp³-hybridized carbons (Fsp3) is 0.467. The first-order valence-electron chi connectivity index (χ1n) is 14.0. The zero-order valence-corrected chi connectivity index (χ0v) is 24.0. The van der Waals surface area contributed by atoms with Gasteiger partial charge in [0.05, 0.1) is 11.1 Å². The Balaban J connectivity index is 0.00000103. The number of unbranched alkanes of at least 4 members (excludes halogenated alkanes) is 1. The summed E-state index contributed by atoms with van der Waals surface area (Å²) in [4.78, 5) is 26.3. The topological polar surface area (TPSA) is 133 Å². The van der Waals surface area contributed by atoms with Crippen LogP contribution < -0.4 is 10.6 Å². The molecule has 4 rings (SSSR count). The largest absolute Gasteiger partial charge is 0.507 e. The van der Waals surface area contributed by atoms with Gasteiger partial charge in [-0.15, -0.1) is 10.2 Å². The number of aromatic hydroxyl groups is 2. The van der Waals surface area contributed by atoms with Gasteiger partial charge in [-0.2, -0.15) is 0 Å². The van der Waals surface area contributed by atoms with Crippen molar-refractivity contribution in [1.82, 2.24) is 30.3 Å². The number of aromatic nitrogens is 3. The second kappa shape index (κ2) is 15.1. The number of hydrogen-bond donors (Lipinski definition) is 4. The van der Waals surface area contributed by atoms with Gasteiger partial charge >= 0.3 is 0 Å². The molecular formula is C30H42N6O4. The summed E-state index contributed by atoms with van der Waals surface area (Å²) in [5.41, 5.74) is 2.11. The fourth-order valence-electron chi connectivity index (χ4n) is 4.63. The van der Waals surface area contributed by atoms with Crippen LogP contribution >= 0.6 is 0 Å². The van der Waals surface area contributed by atoms with E-state index in [0.29, 0.717) is 24.4 Å². The first-order chi connectivity index (χ1) is 19.3. The van der Waals surface area contributed by atoms with Gasteiger partial charge in [0.2, 0.25) is 5.82 Å². The van der Waals surface area contributed by atoms with Crippen LogP contribution in [0.5, 0.6) is 11.5 Å². The average Bonchev–Trinajstić information content (AvgIpc) is 3.40. The van der Waals surface area contributed by atoms with Gasteiger partial charge in [0.1, 0.15) is 11.5 Å². The number of hydrogen-bond acceptors (Lipinski definition) is 8. The SMILES string of the molecule is CCCCN(C)C(=O)c1cc(-c2nnc(C=O)n2-c2ccc(CC3CCNCC3)cc2)c(O)cc1O.CCNC. The number of benzene rings is 2. The highest BCUT2D eigenvalue weighted by Crippen LogP contribution is 2.36. The summed E-state index contributed by atoms with van der Waals surface area (Å²) in [6, 6.07) is 10.4. The Morgan fingerprint density at radius 3 is 2.40 bits per heavy atom. The van der Waals surface area contributed by atoms with Gasteiger partial charge < -0.3 is 25.7 Å². The predicted molar refractivity (Wildman–Crippen MR) is 156 cm³/mol. The van der Waals surface area contributed by atoms with Gasteiger partial charge in [0, 0.05) is 25.3 Å². The Morgan fingerprint density at radius 1 is 1.12 bits per heavy atom. The zero-order valence-electron chi connectivity index (χ0n) is 24.0. The molecule has 0 aliphatic carbocycles. The summed E-state index contributed by atoms with van der Waals surface area (Å²) in [6.45, 7) is 7.81. The molecule has 3 aromatic rings. The van der Waals surface area contributed by atoms with Gasteiger partial charge in [-0.05, 0) is 82.0 Å². The number of aldehydes is 1. The number of nitrogens with one attached hydrogen (secondary N) is 2. The van der Waals surface area contributed by atoms with Crippen molar-refractivity contribution in [1.29, 1.82) is 0 Å². The van der Waals surface area contributed by atoms with E-state index in [2.05, 4.69) is 27.8 Å². The van der Waals surface area contributed by atoms with E-state index in [0.717, 1.165) is 57.8 Å². The van der Waals surface area contributed by atoms with Crippen LogP contribution in [0, 0.1) is 5.92 Å². The van der Waals surface area contributed by atoms with E-state index in [4.69, 9.17) is 0 Å². The molecule has 1 aromatic heterocycles. The maximum atomic E-state index is 13.0. The number of phenols is 2. The molecular weight excluding hydrogens is 508 g/mol. The molecule has 2 aromatic carbocycles. The van der Waals surface area contributed by atoms with Gasteiger partial charge in [-0.3, -0.25) is 14.2 Å². The highest BCUT2D eigenvalue weighted by atomic mass is 16.3. The molecule has 10 heteroatoms. The highest BCUT2D eigenvalue weighted by Gasteiger charge is 2.24. The van der Waals surface area contributed by atoms with Crippen molar-refractivity contribution in [3.63, 3.8) is 0 Å². The van der Waals surface area contributed by atoms with Crippen molar-refractivity contribution >= 4 is 12.2 Å². The summed E-state index contributed by atoms with van der Waals surface area (Å²) in [5, 5.41) is 35.5. The minimum Gasteiger partial charge on any atom is -0.507 e. The van der Waals surface area contributed by atoms with Crippen LogP contribution in [0.25, 0.3) is 17.1 Å². The summed E-state index contributed by atoms with van der Waals surface area (Å²) in [6.07, 6.45) is 5.66. The zero-order chi connectivity index (χ0) is 29.1. The van der Waals surface area contributed by atoms with Crippen molar-refractivity contribution in [2.45, 2.75) is 46.0 Å². The van der Waals surface area contributed by atoms with Crippen molar-refractivity contribution in [3.05, 3.63) is 53.3 Å². The van der Waals surface area contributed by atoms with Gasteiger partial charge in [-0.25, -0.2) is 0 Å². The highest BCUT2D eigenvalue weighted by molar-refractivity contribution is 5.98. The second-order valence-electron chi connectivity index (χ2n) is 10.1. The first kappa shape index (κ1) is 30.8. The molecule has 1 aliphatic heterocycles. The molecule has 1 saturated heterocycles. The molecule has 1 aliphatic rings. The minimum atomic E-state index is -0.369. The lowest BCUT2D eigenvalue weighted by Gasteiger charge is -2.22. The lowest BCUT2D eigenvalue weighted by Crippen LogP contribution is -2.28. The molecule has 40 heavy (non-hydrogen) atoms. The Labute approximate surface area is 236 Å². The van der Waals surface area contributed by atoms with Crippen LogP contribution in [-0.4, -0.2) is 82.3 Å². The maximum Gasteiger partial charge on any atom is 0.257 e. The molecule has 0 atom stereocenters. The van der Waals surface area contributed by atoms with Crippen LogP contribution in [0.4, 0.5) is 0 Å². The number of amides is 1. The summed E-state index contributed by atoms with van der Waals surface area (Å²) in [7, 11) is 3.60. The smallest absolute Gasteiger partial charge is 0.257 e. The minimum absolute atomic E-state index is 0.0425. The van der Waals surface area contributed by atoms with Gasteiger partial charge in [-0.1, -0.05) is 32.4 Å². The quantitative estimate of drug-likeness (QED) is 0.280.